The number of primary amides is 1. The quantitative estimate of drug-likeness (QED) is 0.877. The summed E-state index contributed by atoms with van der Waals surface area (Å²) in [7, 11) is 0. The van der Waals surface area contributed by atoms with Crippen LogP contribution < -0.4 is 11.1 Å². The summed E-state index contributed by atoms with van der Waals surface area (Å²) < 4.78 is 0. The Morgan fingerprint density at radius 3 is 2.57 bits per heavy atom. The minimum Gasteiger partial charge on any atom is -0.351 e. The van der Waals surface area contributed by atoms with Crippen LogP contribution in [0.5, 0.6) is 0 Å². The van der Waals surface area contributed by atoms with Gasteiger partial charge >= 0.3 is 6.03 Å². The summed E-state index contributed by atoms with van der Waals surface area (Å²) in [5.74, 6) is 0.319. The number of hydrogen-bond donors (Lipinski definition) is 2. The Morgan fingerprint density at radius 2 is 1.95 bits per heavy atom. The molecule has 2 aliphatic heterocycles. The molecule has 21 heavy (non-hydrogen) atoms. The number of amides is 2. The first kappa shape index (κ1) is 14.4. The van der Waals surface area contributed by atoms with E-state index >= 15 is 0 Å². The van der Waals surface area contributed by atoms with Gasteiger partial charge in [-0.3, -0.25) is 0 Å². The van der Waals surface area contributed by atoms with Gasteiger partial charge in [0.25, 0.3) is 0 Å². The molecule has 1 aromatic carbocycles. The lowest BCUT2D eigenvalue weighted by atomic mass is 9.68. The number of piperidine rings is 1. The number of carbonyl (C=O) groups is 1. The first-order chi connectivity index (χ1) is 10.1. The van der Waals surface area contributed by atoms with E-state index in [1.165, 1.54) is 5.56 Å². The van der Waals surface area contributed by atoms with Crippen molar-refractivity contribution in [1.29, 1.82) is 0 Å². The maximum atomic E-state index is 11.9. The minimum atomic E-state index is -0.266. The molecule has 0 bridgehead atoms. The molecule has 4 heteroatoms. The summed E-state index contributed by atoms with van der Waals surface area (Å²) in [6.07, 6.45) is 3.36. The normalized spacial score (nSPS) is 26.0. The van der Waals surface area contributed by atoms with Crippen molar-refractivity contribution in [3.8, 4) is 0 Å². The van der Waals surface area contributed by atoms with Gasteiger partial charge in [-0.15, -0.1) is 0 Å². The van der Waals surface area contributed by atoms with E-state index < -0.39 is 0 Å². The van der Waals surface area contributed by atoms with Crippen molar-refractivity contribution >= 4 is 6.03 Å². The first-order valence-electron chi connectivity index (χ1n) is 7.96. The van der Waals surface area contributed by atoms with Crippen molar-refractivity contribution in [2.45, 2.75) is 38.1 Å². The second-order valence-corrected chi connectivity index (χ2v) is 6.54. The fraction of sp³-hybridized carbons (Fsp3) is 0.588. The summed E-state index contributed by atoms with van der Waals surface area (Å²) >= 11 is 0. The van der Waals surface area contributed by atoms with E-state index in [9.17, 15) is 4.79 Å². The molecule has 4 nitrogen and oxygen atoms in total. The summed E-state index contributed by atoms with van der Waals surface area (Å²) in [5.41, 5.74) is 7.20. The van der Waals surface area contributed by atoms with Crippen molar-refractivity contribution in [3.63, 3.8) is 0 Å². The Balaban J connectivity index is 1.94. The van der Waals surface area contributed by atoms with E-state index in [1.807, 2.05) is 11.0 Å². The number of carbonyl (C=O) groups excluding carboxylic acids is 1. The highest BCUT2D eigenvalue weighted by molar-refractivity contribution is 5.73. The zero-order valence-electron chi connectivity index (χ0n) is 12.7. The molecule has 2 fully saturated rings. The lowest BCUT2D eigenvalue weighted by Crippen LogP contribution is -2.51. The highest BCUT2D eigenvalue weighted by Gasteiger charge is 2.51. The fourth-order valence-electron chi connectivity index (χ4n) is 4.42. The Labute approximate surface area is 126 Å². The van der Waals surface area contributed by atoms with E-state index in [0.717, 1.165) is 38.9 Å². The van der Waals surface area contributed by atoms with E-state index in [-0.39, 0.29) is 17.5 Å². The van der Waals surface area contributed by atoms with Crippen LogP contribution >= 0.6 is 0 Å². The Morgan fingerprint density at radius 1 is 1.29 bits per heavy atom. The molecular weight excluding hydrogens is 262 g/mol. The second kappa shape index (κ2) is 5.68. The van der Waals surface area contributed by atoms with Crippen LogP contribution in [0.1, 0.15) is 37.7 Å². The third-order valence-corrected chi connectivity index (χ3v) is 5.50. The molecule has 2 atom stereocenters. The van der Waals surface area contributed by atoms with Crippen LogP contribution in [0.2, 0.25) is 0 Å². The van der Waals surface area contributed by atoms with Gasteiger partial charge in [-0.2, -0.15) is 0 Å². The van der Waals surface area contributed by atoms with E-state index in [0.29, 0.717) is 5.92 Å². The molecule has 0 saturated carbocycles. The van der Waals surface area contributed by atoms with Gasteiger partial charge in [0, 0.05) is 18.5 Å². The van der Waals surface area contributed by atoms with Crippen molar-refractivity contribution < 1.29 is 4.79 Å². The number of likely N-dealkylation sites (tertiary alicyclic amines) is 1. The van der Waals surface area contributed by atoms with Gasteiger partial charge in [0.15, 0.2) is 0 Å². The molecule has 0 aromatic heterocycles. The van der Waals surface area contributed by atoms with Crippen molar-refractivity contribution in [1.82, 2.24) is 10.2 Å². The molecule has 2 saturated heterocycles. The molecule has 2 heterocycles. The zero-order valence-corrected chi connectivity index (χ0v) is 12.7. The standard InChI is InChI=1S/C17H25N3O/c1-13(14-5-3-2-4-6-14)15-17(7-10-19-11-8-17)9-12-20(15)16(18)21/h2-6,13,15,19H,7-12H2,1H3,(H2,18,21)/t13-,15?/m0/s1. The topological polar surface area (TPSA) is 58.4 Å². The highest BCUT2D eigenvalue weighted by Crippen LogP contribution is 2.49. The molecule has 0 aliphatic carbocycles. The van der Waals surface area contributed by atoms with Crippen LogP contribution in [0.25, 0.3) is 0 Å². The van der Waals surface area contributed by atoms with Crippen molar-refractivity contribution in [2.24, 2.45) is 11.1 Å². The smallest absolute Gasteiger partial charge is 0.315 e. The number of nitrogens with two attached hydrogens (primary N) is 1. The van der Waals surface area contributed by atoms with Crippen LogP contribution in [0.4, 0.5) is 4.79 Å². The maximum Gasteiger partial charge on any atom is 0.315 e. The Bertz CT molecular complexity index is 496. The number of benzene rings is 1. The summed E-state index contributed by atoms with van der Waals surface area (Å²) in [6, 6.07) is 10.5. The van der Waals surface area contributed by atoms with Crippen LogP contribution in [-0.4, -0.2) is 36.6 Å². The van der Waals surface area contributed by atoms with Gasteiger partial charge in [0.05, 0.1) is 0 Å². The predicted octanol–water partition coefficient (Wildman–Crippen LogP) is 2.31. The molecule has 3 N–H and O–H groups in total. The number of urea groups is 1. The largest absolute Gasteiger partial charge is 0.351 e. The van der Waals surface area contributed by atoms with Crippen LogP contribution in [0, 0.1) is 5.41 Å². The van der Waals surface area contributed by atoms with Gasteiger partial charge in [-0.1, -0.05) is 37.3 Å². The Hall–Kier alpha value is -1.55. The van der Waals surface area contributed by atoms with Crippen molar-refractivity contribution in [2.75, 3.05) is 19.6 Å². The third-order valence-electron chi connectivity index (χ3n) is 5.50. The molecule has 0 radical (unpaired) electrons. The average molecular weight is 287 g/mol. The first-order valence-corrected chi connectivity index (χ1v) is 7.96. The lowest BCUT2D eigenvalue weighted by Gasteiger charge is -2.44. The average Bonchev–Trinajstić information content (AvgIpc) is 2.87. The third kappa shape index (κ3) is 2.53. The lowest BCUT2D eigenvalue weighted by molar-refractivity contribution is 0.111. The summed E-state index contributed by atoms with van der Waals surface area (Å²) in [4.78, 5) is 13.8. The molecule has 2 aliphatic rings. The van der Waals surface area contributed by atoms with Crippen LogP contribution in [0.3, 0.4) is 0 Å². The van der Waals surface area contributed by atoms with E-state index in [4.69, 9.17) is 5.73 Å². The summed E-state index contributed by atoms with van der Waals surface area (Å²) in [6.45, 7) is 5.14. The van der Waals surface area contributed by atoms with Gasteiger partial charge in [-0.25, -0.2) is 4.79 Å². The van der Waals surface area contributed by atoms with Gasteiger partial charge < -0.3 is 16.0 Å². The molecule has 1 aromatic rings. The SMILES string of the molecule is C[C@@H](c1ccccc1)C1N(C(N)=O)CCC12CCNCC2. The molecule has 2 amide bonds. The Kier molecular flexibility index (Phi) is 3.89. The van der Waals surface area contributed by atoms with Crippen LogP contribution in [-0.2, 0) is 0 Å². The number of rotatable bonds is 2. The van der Waals surface area contributed by atoms with E-state index in [2.05, 4.69) is 36.5 Å². The van der Waals surface area contributed by atoms with Gasteiger partial charge in [0.2, 0.25) is 0 Å². The maximum absolute atomic E-state index is 11.9. The van der Waals surface area contributed by atoms with Gasteiger partial charge in [-0.05, 0) is 43.3 Å². The molecule has 1 spiro atoms. The molecule has 1 unspecified atom stereocenters. The van der Waals surface area contributed by atoms with E-state index in [1.54, 1.807) is 0 Å². The monoisotopic (exact) mass is 287 g/mol. The molecular formula is C17H25N3O. The highest BCUT2D eigenvalue weighted by atomic mass is 16.2. The summed E-state index contributed by atoms with van der Waals surface area (Å²) in [5, 5.41) is 3.44. The molecule has 114 valence electrons. The molecule has 3 rings (SSSR count). The fourth-order valence-corrected chi connectivity index (χ4v) is 4.42. The second-order valence-electron chi connectivity index (χ2n) is 6.54. The minimum absolute atomic E-state index is 0.222. The van der Waals surface area contributed by atoms with Gasteiger partial charge in [0.1, 0.15) is 0 Å². The predicted molar refractivity (Wildman–Crippen MR) is 84.1 cm³/mol. The number of hydrogen-bond acceptors (Lipinski definition) is 2. The number of nitrogens with zero attached hydrogens (tertiary/aromatic N) is 1. The van der Waals surface area contributed by atoms with Crippen molar-refractivity contribution in [3.05, 3.63) is 35.9 Å². The zero-order chi connectivity index (χ0) is 14.9. The number of nitrogens with one attached hydrogen (secondary N) is 1. The van der Waals surface area contributed by atoms with Crippen LogP contribution in [0.15, 0.2) is 30.3 Å².